The molecule has 0 aliphatic carbocycles. The Hall–Kier alpha value is -2.82. The molecule has 178 valence electrons. The number of nitrogens with zero attached hydrogens (tertiary/aromatic N) is 1. The summed E-state index contributed by atoms with van der Waals surface area (Å²) in [5.74, 6) is 0.670. The summed E-state index contributed by atoms with van der Waals surface area (Å²) >= 11 is 12.2. The number of aliphatic hydroxyl groups excluding tert-OH is 1. The average Bonchev–Trinajstić information content (AvgIpc) is 3.20. The average molecular weight is 521 g/mol. The van der Waals surface area contributed by atoms with Crippen LogP contribution in [0.3, 0.4) is 0 Å². The zero-order valence-electron chi connectivity index (χ0n) is 17.8. The van der Waals surface area contributed by atoms with Crippen molar-refractivity contribution in [2.75, 3.05) is 24.4 Å². The van der Waals surface area contributed by atoms with Crippen LogP contribution in [0.1, 0.15) is 11.7 Å². The molecule has 1 aromatic heterocycles. The van der Waals surface area contributed by atoms with E-state index in [1.807, 2.05) is 18.2 Å². The number of aromatic nitrogens is 2. The summed E-state index contributed by atoms with van der Waals surface area (Å²) in [6, 6.07) is 18.2. The molecule has 0 amide bonds. The topological polar surface area (TPSA) is 116 Å². The van der Waals surface area contributed by atoms with Crippen LogP contribution in [0, 0.1) is 0 Å². The van der Waals surface area contributed by atoms with Gasteiger partial charge in [-0.25, -0.2) is 8.42 Å². The maximum Gasteiger partial charge on any atom is 0.261 e. The second-order valence-corrected chi connectivity index (χ2v) is 9.90. The van der Waals surface area contributed by atoms with Crippen LogP contribution < -0.4 is 14.8 Å². The number of halogens is 2. The largest absolute Gasteiger partial charge is 0.492 e. The molecular weight excluding hydrogens is 499 g/mol. The second-order valence-electron chi connectivity index (χ2n) is 7.45. The molecule has 11 heteroatoms. The Morgan fingerprint density at radius 3 is 2.65 bits per heavy atom. The van der Waals surface area contributed by atoms with Crippen molar-refractivity contribution in [2.45, 2.75) is 11.0 Å². The third kappa shape index (κ3) is 5.81. The van der Waals surface area contributed by atoms with Crippen molar-refractivity contribution in [1.82, 2.24) is 15.5 Å². The number of aromatic amines is 1. The molecule has 4 aromatic rings. The Labute approximate surface area is 206 Å². The SMILES string of the molecule is O=S(=O)(Nc1cc([C@@H](O)CNCCOc2ccc3c(Cl)n[nH]c3c2)ccc1Cl)c1ccccc1. The summed E-state index contributed by atoms with van der Waals surface area (Å²) in [4.78, 5) is 0.119. The molecule has 0 aliphatic rings. The molecule has 0 unspecified atom stereocenters. The van der Waals surface area contributed by atoms with E-state index in [2.05, 4.69) is 20.2 Å². The minimum Gasteiger partial charge on any atom is -0.492 e. The van der Waals surface area contributed by atoms with Gasteiger partial charge in [0.1, 0.15) is 12.4 Å². The molecule has 0 aliphatic heterocycles. The number of hydrogen-bond donors (Lipinski definition) is 4. The van der Waals surface area contributed by atoms with Crippen molar-refractivity contribution < 1.29 is 18.3 Å². The highest BCUT2D eigenvalue weighted by atomic mass is 35.5. The van der Waals surface area contributed by atoms with Crippen LogP contribution in [0.5, 0.6) is 5.75 Å². The Morgan fingerprint density at radius 1 is 1.06 bits per heavy atom. The summed E-state index contributed by atoms with van der Waals surface area (Å²) in [6.45, 7) is 1.10. The smallest absolute Gasteiger partial charge is 0.261 e. The van der Waals surface area contributed by atoms with Crippen LogP contribution in [0.2, 0.25) is 10.2 Å². The van der Waals surface area contributed by atoms with Crippen LogP contribution in [-0.4, -0.2) is 43.4 Å². The molecule has 0 saturated carbocycles. The Bertz CT molecular complexity index is 1380. The lowest BCUT2D eigenvalue weighted by atomic mass is 10.1. The molecule has 0 radical (unpaired) electrons. The molecule has 0 bridgehead atoms. The number of aliphatic hydroxyl groups is 1. The lowest BCUT2D eigenvalue weighted by Crippen LogP contribution is -2.26. The first-order valence-electron chi connectivity index (χ1n) is 10.4. The summed E-state index contributed by atoms with van der Waals surface area (Å²) < 4.78 is 33.4. The van der Waals surface area contributed by atoms with Gasteiger partial charge in [-0.2, -0.15) is 5.10 Å². The number of H-pyrrole nitrogens is 1. The van der Waals surface area contributed by atoms with Gasteiger partial charge in [0.05, 0.1) is 27.2 Å². The number of fused-ring (bicyclic) bond motifs is 1. The number of ether oxygens (including phenoxy) is 1. The van der Waals surface area contributed by atoms with Gasteiger partial charge in [-0.15, -0.1) is 0 Å². The number of anilines is 1. The molecule has 3 aromatic carbocycles. The quantitative estimate of drug-likeness (QED) is 0.230. The van der Waals surface area contributed by atoms with E-state index in [9.17, 15) is 13.5 Å². The van der Waals surface area contributed by atoms with Gasteiger partial charge in [-0.3, -0.25) is 9.82 Å². The second kappa shape index (κ2) is 10.6. The summed E-state index contributed by atoms with van der Waals surface area (Å²) in [5.41, 5.74) is 1.50. The summed E-state index contributed by atoms with van der Waals surface area (Å²) in [5, 5.41) is 21.9. The van der Waals surface area contributed by atoms with Crippen LogP contribution >= 0.6 is 23.2 Å². The number of hydrogen-bond acceptors (Lipinski definition) is 6. The van der Waals surface area contributed by atoms with E-state index >= 15 is 0 Å². The fraction of sp³-hybridized carbons (Fsp3) is 0.174. The van der Waals surface area contributed by atoms with E-state index in [0.29, 0.717) is 29.6 Å². The molecule has 4 N–H and O–H groups in total. The molecule has 1 heterocycles. The summed E-state index contributed by atoms with van der Waals surface area (Å²) in [7, 11) is -3.80. The van der Waals surface area contributed by atoms with E-state index in [0.717, 1.165) is 10.9 Å². The van der Waals surface area contributed by atoms with Gasteiger partial charge >= 0.3 is 0 Å². The molecule has 1 atom stereocenters. The first-order chi connectivity index (χ1) is 16.3. The number of benzene rings is 3. The molecule has 4 rings (SSSR count). The zero-order valence-corrected chi connectivity index (χ0v) is 20.2. The van der Waals surface area contributed by atoms with Gasteiger partial charge in [0.2, 0.25) is 0 Å². The van der Waals surface area contributed by atoms with Gasteiger partial charge in [-0.05, 0) is 42.0 Å². The van der Waals surface area contributed by atoms with Crippen LogP contribution in [-0.2, 0) is 10.0 Å². The van der Waals surface area contributed by atoms with Gasteiger partial charge in [0.15, 0.2) is 5.15 Å². The standard InChI is InChI=1S/C23H22Cl2N4O4S/c24-19-9-6-15(12-21(19)29-34(31,32)17-4-2-1-3-5-17)22(30)14-26-10-11-33-16-7-8-18-20(13-16)27-28-23(18)25/h1-9,12-13,22,26,29-30H,10-11,14H2,(H,27,28)/t22-/m0/s1. The highest BCUT2D eigenvalue weighted by Crippen LogP contribution is 2.28. The van der Waals surface area contributed by atoms with E-state index in [4.69, 9.17) is 27.9 Å². The first kappa shape index (κ1) is 24.3. The summed E-state index contributed by atoms with van der Waals surface area (Å²) in [6.07, 6.45) is -0.874. The van der Waals surface area contributed by atoms with Gasteiger partial charge in [0, 0.05) is 24.5 Å². The molecule has 0 fully saturated rings. The normalized spacial score (nSPS) is 12.6. The van der Waals surface area contributed by atoms with E-state index < -0.39 is 16.1 Å². The maximum absolute atomic E-state index is 12.6. The first-order valence-corrected chi connectivity index (χ1v) is 12.6. The predicted octanol–water partition coefficient (Wildman–Crippen LogP) is 4.37. The number of rotatable bonds is 10. The van der Waals surface area contributed by atoms with Crippen LogP contribution in [0.15, 0.2) is 71.6 Å². The lowest BCUT2D eigenvalue weighted by molar-refractivity contribution is 0.172. The number of sulfonamides is 1. The predicted molar refractivity (Wildman–Crippen MR) is 133 cm³/mol. The zero-order chi connectivity index (χ0) is 24.1. The highest BCUT2D eigenvalue weighted by Gasteiger charge is 2.17. The molecule has 34 heavy (non-hydrogen) atoms. The third-order valence-electron chi connectivity index (χ3n) is 5.05. The molecule has 0 saturated heterocycles. The monoisotopic (exact) mass is 520 g/mol. The van der Waals surface area contributed by atoms with Crippen molar-refractivity contribution in [3.8, 4) is 5.75 Å². The van der Waals surface area contributed by atoms with Crippen LogP contribution in [0.4, 0.5) is 5.69 Å². The Kier molecular flexibility index (Phi) is 7.60. The highest BCUT2D eigenvalue weighted by molar-refractivity contribution is 7.92. The minimum atomic E-state index is -3.80. The van der Waals surface area contributed by atoms with Crippen molar-refractivity contribution in [2.24, 2.45) is 0 Å². The van der Waals surface area contributed by atoms with Crippen molar-refractivity contribution in [3.63, 3.8) is 0 Å². The van der Waals surface area contributed by atoms with E-state index in [-0.39, 0.29) is 22.2 Å². The van der Waals surface area contributed by atoms with Gasteiger partial charge in [-0.1, -0.05) is 47.5 Å². The molecule has 8 nitrogen and oxygen atoms in total. The van der Waals surface area contributed by atoms with Gasteiger partial charge < -0.3 is 15.2 Å². The van der Waals surface area contributed by atoms with Crippen molar-refractivity contribution in [1.29, 1.82) is 0 Å². The Balaban J connectivity index is 1.30. The van der Waals surface area contributed by atoms with Crippen molar-refractivity contribution >= 4 is 49.8 Å². The maximum atomic E-state index is 12.6. The fourth-order valence-electron chi connectivity index (χ4n) is 3.28. The van der Waals surface area contributed by atoms with E-state index in [1.54, 1.807) is 30.3 Å². The van der Waals surface area contributed by atoms with E-state index in [1.165, 1.54) is 18.2 Å². The lowest BCUT2D eigenvalue weighted by Gasteiger charge is -2.16. The fourth-order valence-corrected chi connectivity index (χ4v) is 4.80. The van der Waals surface area contributed by atoms with Crippen LogP contribution in [0.25, 0.3) is 10.9 Å². The molecule has 0 spiro atoms. The minimum absolute atomic E-state index is 0.119. The van der Waals surface area contributed by atoms with Gasteiger partial charge in [0.25, 0.3) is 10.0 Å². The Morgan fingerprint density at radius 2 is 1.85 bits per heavy atom. The third-order valence-corrected chi connectivity index (χ3v) is 7.05. The number of nitrogens with one attached hydrogen (secondary N) is 3. The van der Waals surface area contributed by atoms with Crippen molar-refractivity contribution in [3.05, 3.63) is 82.5 Å². The molecular formula is C23H22Cl2N4O4S.